The minimum absolute atomic E-state index is 0.0149. The maximum absolute atomic E-state index is 14.1. The number of rotatable bonds is 6. The maximum atomic E-state index is 14.1. The van der Waals surface area contributed by atoms with E-state index in [0.29, 0.717) is 17.2 Å². The summed E-state index contributed by atoms with van der Waals surface area (Å²) in [7, 11) is 4.00. The minimum Gasteiger partial charge on any atom is -0.502 e. The number of carbonyl (C=O) groups is 4. The van der Waals surface area contributed by atoms with Crippen LogP contribution in [0.2, 0.25) is 5.02 Å². The Morgan fingerprint density at radius 3 is 2.35 bits per heavy atom. The molecule has 1 aromatic heterocycles. The first-order valence-corrected chi connectivity index (χ1v) is 15.2. The fraction of sp³-hybridized carbons (Fsp3) is 0.324. The average molecular weight is 684 g/mol. The van der Waals surface area contributed by atoms with E-state index < -0.39 is 53.2 Å². The van der Waals surface area contributed by atoms with Crippen LogP contribution in [0.4, 0.5) is 19.0 Å². The van der Waals surface area contributed by atoms with Gasteiger partial charge in [-0.2, -0.15) is 18.2 Å². The topological polar surface area (TPSA) is 126 Å². The van der Waals surface area contributed by atoms with Crippen LogP contribution in [0.1, 0.15) is 31.0 Å². The molecule has 2 amide bonds. The fourth-order valence-electron chi connectivity index (χ4n) is 7.05. The van der Waals surface area contributed by atoms with Gasteiger partial charge in [-0.05, 0) is 61.6 Å². The number of phenols is 1. The molecule has 1 N–H and O–H groups in total. The normalized spacial score (nSPS) is 24.0. The van der Waals surface area contributed by atoms with Gasteiger partial charge in [0.1, 0.15) is 5.69 Å². The minimum atomic E-state index is -4.80. The summed E-state index contributed by atoms with van der Waals surface area (Å²) in [4.78, 5) is 58.4. The molecule has 1 saturated heterocycles. The second-order valence-electron chi connectivity index (χ2n) is 11.9. The van der Waals surface area contributed by atoms with E-state index in [2.05, 4.69) is 4.98 Å². The number of ketones is 2. The first-order valence-electron chi connectivity index (χ1n) is 14.9. The number of halogens is 4. The van der Waals surface area contributed by atoms with E-state index in [0.717, 1.165) is 16.1 Å². The molecule has 2 heterocycles. The van der Waals surface area contributed by atoms with Gasteiger partial charge in [0.05, 0.1) is 31.1 Å². The van der Waals surface area contributed by atoms with Crippen LogP contribution in [0.15, 0.2) is 64.8 Å². The van der Waals surface area contributed by atoms with Crippen LogP contribution in [0, 0.1) is 23.7 Å². The Balaban J connectivity index is 1.40. The van der Waals surface area contributed by atoms with Gasteiger partial charge < -0.3 is 14.6 Å². The van der Waals surface area contributed by atoms with Gasteiger partial charge >= 0.3 is 6.18 Å². The van der Waals surface area contributed by atoms with Crippen molar-refractivity contribution in [1.82, 2.24) is 9.99 Å². The monoisotopic (exact) mass is 683 g/mol. The Morgan fingerprint density at radius 1 is 1.06 bits per heavy atom. The molecule has 4 aliphatic rings. The number of phenolic OH excluding ortho intramolecular Hbond substituents is 1. The number of allylic oxidation sites excluding steroid dienone is 7. The van der Waals surface area contributed by atoms with Crippen molar-refractivity contribution in [3.8, 4) is 17.2 Å². The number of anilines is 1. The van der Waals surface area contributed by atoms with Crippen molar-refractivity contribution < 1.29 is 46.9 Å². The lowest BCUT2D eigenvalue weighted by molar-refractivity contribution is -0.141. The van der Waals surface area contributed by atoms with Gasteiger partial charge in [-0.15, -0.1) is 0 Å². The molecule has 0 spiro atoms. The molecule has 10 nitrogen and oxygen atoms in total. The van der Waals surface area contributed by atoms with Crippen LogP contribution in [0.25, 0.3) is 6.08 Å². The summed E-state index contributed by atoms with van der Waals surface area (Å²) in [5, 5.41) is 11.8. The molecule has 0 unspecified atom stereocenters. The molecule has 1 aliphatic heterocycles. The van der Waals surface area contributed by atoms with Crippen molar-refractivity contribution in [2.75, 3.05) is 26.3 Å². The molecule has 3 aliphatic carbocycles. The number of alkyl halides is 3. The number of hydrogen-bond donors (Lipinski definition) is 1. The number of aromatic nitrogens is 1. The summed E-state index contributed by atoms with van der Waals surface area (Å²) in [6, 6.07) is 4.82. The van der Waals surface area contributed by atoms with E-state index in [9.17, 15) is 37.5 Å². The number of methoxy groups -OCH3 is 2. The van der Waals surface area contributed by atoms with Gasteiger partial charge in [0.15, 0.2) is 28.9 Å². The van der Waals surface area contributed by atoms with Crippen LogP contribution in [0.3, 0.4) is 0 Å². The predicted octanol–water partition coefficient (Wildman–Crippen LogP) is 5.50. The van der Waals surface area contributed by atoms with Crippen molar-refractivity contribution in [3.05, 3.63) is 81.1 Å². The molecule has 6 rings (SSSR count). The molecule has 0 saturated carbocycles. The van der Waals surface area contributed by atoms with Crippen LogP contribution in [0.5, 0.6) is 17.2 Å². The van der Waals surface area contributed by atoms with Crippen molar-refractivity contribution in [2.24, 2.45) is 23.7 Å². The van der Waals surface area contributed by atoms with Crippen molar-refractivity contribution >= 4 is 46.9 Å². The van der Waals surface area contributed by atoms with E-state index in [-0.39, 0.29) is 63.4 Å². The first kappa shape index (κ1) is 33.0. The summed E-state index contributed by atoms with van der Waals surface area (Å²) in [6.45, 7) is 1.55. The quantitative estimate of drug-likeness (QED) is 0.239. The fourth-order valence-corrected chi connectivity index (χ4v) is 7.27. The highest BCUT2D eigenvalue weighted by Gasteiger charge is 2.57. The van der Waals surface area contributed by atoms with Crippen molar-refractivity contribution in [2.45, 2.75) is 25.9 Å². The summed E-state index contributed by atoms with van der Waals surface area (Å²) in [6.07, 6.45) is 1.80. The average Bonchev–Trinajstić information content (AvgIpc) is 3.30. The summed E-state index contributed by atoms with van der Waals surface area (Å²) >= 11 is 6.20. The van der Waals surface area contributed by atoms with Gasteiger partial charge in [-0.25, -0.2) is 4.98 Å². The third kappa shape index (κ3) is 5.26. The molecule has 4 atom stereocenters. The number of amides is 2. The summed E-state index contributed by atoms with van der Waals surface area (Å²) < 4.78 is 50.9. The third-order valence-corrected chi connectivity index (χ3v) is 9.59. The van der Waals surface area contributed by atoms with Gasteiger partial charge in [-0.3, -0.25) is 24.2 Å². The Kier molecular flexibility index (Phi) is 8.22. The highest BCUT2D eigenvalue weighted by molar-refractivity contribution is 6.33. The smallest absolute Gasteiger partial charge is 0.433 e. The molecular weight excluding hydrogens is 655 g/mol. The van der Waals surface area contributed by atoms with Gasteiger partial charge in [0.2, 0.25) is 5.75 Å². The largest absolute Gasteiger partial charge is 0.502 e. The number of carbonyl (C=O) groups excluding carboxylic acids is 4. The lowest BCUT2D eigenvalue weighted by Gasteiger charge is -2.41. The first-order chi connectivity index (χ1) is 22.7. The number of aromatic hydroxyl groups is 1. The van der Waals surface area contributed by atoms with Crippen molar-refractivity contribution in [3.63, 3.8) is 0 Å². The Hall–Kier alpha value is -4.91. The molecule has 250 valence electrons. The van der Waals surface area contributed by atoms with Crippen LogP contribution in [-0.4, -0.2) is 59.7 Å². The number of nitrogens with zero attached hydrogens (tertiary/aromatic N) is 3. The van der Waals surface area contributed by atoms with Crippen molar-refractivity contribution in [1.29, 1.82) is 0 Å². The predicted molar refractivity (Wildman–Crippen MR) is 167 cm³/mol. The Labute approximate surface area is 277 Å². The summed E-state index contributed by atoms with van der Waals surface area (Å²) in [5.41, 5.74) is 0.749. The standard InChI is InChI=1S/C34H29ClF3N3O7/c1-15-11-23(42)21-14-20-17(18(27(21)29(15)43)6-5-16-12-24(47-3)30(44)25(13-16)48-4)7-8-19-28(20)33(46)41(32(19)45)40(2)31-22(35)9-10-26(39-31)34(36,37)38/h5-7,9-13,18-20,28,44H,8,14H2,1-4H3/t18-,19-,20+,28-/m0/s1. The zero-order valence-electron chi connectivity index (χ0n) is 26.1. The van der Waals surface area contributed by atoms with Gasteiger partial charge in [-0.1, -0.05) is 35.4 Å². The van der Waals surface area contributed by atoms with E-state index in [1.807, 2.05) is 0 Å². The summed E-state index contributed by atoms with van der Waals surface area (Å²) in [5.74, 6) is -5.63. The number of fused-ring (bicyclic) bond motifs is 3. The number of hydrogen-bond acceptors (Lipinski definition) is 9. The lowest BCUT2D eigenvalue weighted by atomic mass is 9.60. The van der Waals surface area contributed by atoms with E-state index in [1.54, 1.807) is 37.3 Å². The Bertz CT molecular complexity index is 1890. The second-order valence-corrected chi connectivity index (χ2v) is 12.3. The Morgan fingerprint density at radius 2 is 1.73 bits per heavy atom. The van der Waals surface area contributed by atoms with Crippen LogP contribution in [-0.2, 0) is 25.4 Å². The molecule has 1 fully saturated rings. The van der Waals surface area contributed by atoms with Gasteiger partial charge in [0.25, 0.3) is 11.8 Å². The maximum Gasteiger partial charge on any atom is 0.433 e. The lowest BCUT2D eigenvalue weighted by Crippen LogP contribution is -2.46. The molecule has 1 aromatic carbocycles. The molecule has 0 radical (unpaired) electrons. The molecular formula is C34H29ClF3N3O7. The highest BCUT2D eigenvalue weighted by atomic mass is 35.5. The highest BCUT2D eigenvalue weighted by Crippen LogP contribution is 2.53. The number of pyridine rings is 1. The number of hydrazine groups is 1. The number of imide groups is 1. The SMILES string of the molecule is COc1cc(C=C[C@H]2C3=CC[C@@H]4C(=O)N(N(C)c5nc(C(F)(F)F)ccc5Cl)C(=O)[C@@H]4[C@@H]3CC3=C2C(=O)C(C)=CC3=O)cc(OC)c1O. The number of benzene rings is 1. The molecule has 48 heavy (non-hydrogen) atoms. The van der Waals surface area contributed by atoms with Crippen LogP contribution >= 0.6 is 11.6 Å². The number of ether oxygens (including phenoxy) is 2. The van der Waals surface area contributed by atoms with E-state index in [4.69, 9.17) is 21.1 Å². The second kappa shape index (κ2) is 12.0. The van der Waals surface area contributed by atoms with Crippen LogP contribution < -0.4 is 14.5 Å². The van der Waals surface area contributed by atoms with Gasteiger partial charge in [0, 0.05) is 29.7 Å². The number of Topliss-reactive ketones (excluding diaryl/α,β-unsaturated/α-hetero) is 1. The molecule has 2 aromatic rings. The van der Waals surface area contributed by atoms with E-state index >= 15 is 0 Å². The third-order valence-electron chi connectivity index (χ3n) is 9.30. The molecule has 14 heteroatoms. The van der Waals surface area contributed by atoms with E-state index in [1.165, 1.54) is 27.3 Å². The zero-order valence-corrected chi connectivity index (χ0v) is 26.8. The zero-order chi connectivity index (χ0) is 34.8. The molecule has 0 bridgehead atoms.